The van der Waals surface area contributed by atoms with Crippen LogP contribution >= 0.6 is 0 Å². The Labute approximate surface area is 117 Å². The van der Waals surface area contributed by atoms with Gasteiger partial charge in [-0.3, -0.25) is 0 Å². The van der Waals surface area contributed by atoms with Gasteiger partial charge in [-0.1, -0.05) is 6.07 Å². The Morgan fingerprint density at radius 1 is 1.45 bits per heavy atom. The number of aryl methyl sites for hydroxylation is 1. The lowest BCUT2D eigenvalue weighted by atomic mass is 10.1. The van der Waals surface area contributed by atoms with Crippen LogP contribution in [0.15, 0.2) is 24.5 Å². The number of ether oxygens (including phenoxy) is 1. The second-order valence-electron chi connectivity index (χ2n) is 4.47. The molecule has 0 radical (unpaired) electrons. The minimum atomic E-state index is -0.316. The fourth-order valence-electron chi connectivity index (χ4n) is 1.95. The van der Waals surface area contributed by atoms with Crippen LogP contribution in [0.3, 0.4) is 0 Å². The quantitative estimate of drug-likeness (QED) is 0.881. The topological polar surface area (TPSA) is 52.0 Å². The van der Waals surface area contributed by atoms with Gasteiger partial charge in [0.1, 0.15) is 24.5 Å². The molecule has 2 aromatic rings. The third-order valence-corrected chi connectivity index (χ3v) is 3.23. The molecule has 5 nitrogen and oxygen atoms in total. The Morgan fingerprint density at radius 2 is 2.25 bits per heavy atom. The summed E-state index contributed by atoms with van der Waals surface area (Å²) in [5.41, 5.74) is 0.913. The molecule has 0 amide bonds. The molecule has 0 bridgehead atoms. The zero-order valence-corrected chi connectivity index (χ0v) is 11.9. The van der Waals surface area contributed by atoms with Crippen LogP contribution in [0.25, 0.3) is 0 Å². The maximum Gasteiger partial charge on any atom is 0.164 e. The minimum Gasteiger partial charge on any atom is -0.485 e. The summed E-state index contributed by atoms with van der Waals surface area (Å²) in [6.45, 7) is 4.96. The molecule has 0 aliphatic carbocycles. The van der Waals surface area contributed by atoms with E-state index in [1.807, 2.05) is 20.9 Å². The molecule has 6 heteroatoms. The van der Waals surface area contributed by atoms with Gasteiger partial charge in [0.2, 0.25) is 0 Å². The van der Waals surface area contributed by atoms with E-state index < -0.39 is 0 Å². The van der Waals surface area contributed by atoms with Crippen LogP contribution in [0.2, 0.25) is 0 Å². The van der Waals surface area contributed by atoms with Gasteiger partial charge in [-0.25, -0.2) is 14.1 Å². The third-order valence-electron chi connectivity index (χ3n) is 3.23. The van der Waals surface area contributed by atoms with Crippen molar-refractivity contribution >= 4 is 0 Å². The third kappa shape index (κ3) is 3.14. The van der Waals surface area contributed by atoms with Crippen LogP contribution in [-0.2, 0) is 13.2 Å². The molecule has 1 aromatic heterocycles. The zero-order valence-electron chi connectivity index (χ0n) is 11.9. The van der Waals surface area contributed by atoms with Crippen LogP contribution < -0.4 is 10.1 Å². The standard InChI is InChI=1S/C14H19FN4O/c1-4-19-14(17-9-18-19)8-20-13-7-11(15)5-6-12(13)10(2)16-3/h5-7,9-10,16H,4,8H2,1-3H3. The first-order chi connectivity index (χ1) is 9.65. The number of nitrogens with one attached hydrogen (secondary N) is 1. The zero-order chi connectivity index (χ0) is 14.5. The number of aromatic nitrogens is 3. The van der Waals surface area contributed by atoms with E-state index in [0.29, 0.717) is 5.75 Å². The summed E-state index contributed by atoms with van der Waals surface area (Å²) < 4.78 is 20.9. The van der Waals surface area contributed by atoms with Gasteiger partial charge in [0.25, 0.3) is 0 Å². The average molecular weight is 278 g/mol. The molecular weight excluding hydrogens is 259 g/mol. The summed E-state index contributed by atoms with van der Waals surface area (Å²) in [7, 11) is 1.85. The predicted molar refractivity (Wildman–Crippen MR) is 73.9 cm³/mol. The lowest BCUT2D eigenvalue weighted by Gasteiger charge is -2.16. The molecule has 1 atom stereocenters. The van der Waals surface area contributed by atoms with Gasteiger partial charge in [-0.05, 0) is 27.0 Å². The smallest absolute Gasteiger partial charge is 0.164 e. The molecule has 1 unspecified atom stereocenters. The van der Waals surface area contributed by atoms with Crippen molar-refractivity contribution in [3.8, 4) is 5.75 Å². The van der Waals surface area contributed by atoms with Gasteiger partial charge in [-0.2, -0.15) is 5.10 Å². The second-order valence-corrected chi connectivity index (χ2v) is 4.47. The number of hydrogen-bond donors (Lipinski definition) is 1. The maximum absolute atomic E-state index is 13.4. The van der Waals surface area contributed by atoms with E-state index in [4.69, 9.17) is 4.74 Å². The SMILES string of the molecule is CCn1ncnc1COc1cc(F)ccc1C(C)NC. The highest BCUT2D eigenvalue weighted by Crippen LogP contribution is 2.26. The molecule has 1 heterocycles. The van der Waals surface area contributed by atoms with Crippen molar-refractivity contribution in [3.05, 3.63) is 41.7 Å². The van der Waals surface area contributed by atoms with Gasteiger partial charge < -0.3 is 10.1 Å². The largest absolute Gasteiger partial charge is 0.485 e. The highest BCUT2D eigenvalue weighted by Gasteiger charge is 2.12. The molecule has 0 fully saturated rings. The van der Waals surface area contributed by atoms with Crippen LogP contribution in [0.5, 0.6) is 5.75 Å². The Balaban J connectivity index is 2.18. The summed E-state index contributed by atoms with van der Waals surface area (Å²) in [6.07, 6.45) is 1.49. The molecule has 0 aliphatic rings. The summed E-state index contributed by atoms with van der Waals surface area (Å²) in [5, 5.41) is 7.20. The van der Waals surface area contributed by atoms with E-state index in [2.05, 4.69) is 15.4 Å². The minimum absolute atomic E-state index is 0.0784. The highest BCUT2D eigenvalue weighted by molar-refractivity contribution is 5.36. The van der Waals surface area contributed by atoms with Crippen molar-refractivity contribution < 1.29 is 9.13 Å². The van der Waals surface area contributed by atoms with Crippen molar-refractivity contribution in [3.63, 3.8) is 0 Å². The van der Waals surface area contributed by atoms with Gasteiger partial charge in [0.05, 0.1) is 0 Å². The van der Waals surface area contributed by atoms with E-state index in [0.717, 1.165) is 17.9 Å². The van der Waals surface area contributed by atoms with Crippen molar-refractivity contribution in [2.75, 3.05) is 7.05 Å². The molecular formula is C14H19FN4O. The average Bonchev–Trinajstić information content (AvgIpc) is 2.91. The number of benzene rings is 1. The first-order valence-corrected chi connectivity index (χ1v) is 6.62. The molecule has 0 aliphatic heterocycles. The van der Waals surface area contributed by atoms with Crippen LogP contribution in [0, 0.1) is 5.82 Å². The van der Waals surface area contributed by atoms with Crippen LogP contribution in [0.1, 0.15) is 31.3 Å². The Bertz CT molecular complexity index is 570. The Morgan fingerprint density at radius 3 is 2.95 bits per heavy atom. The summed E-state index contributed by atoms with van der Waals surface area (Å²) in [4.78, 5) is 4.14. The first kappa shape index (κ1) is 14.5. The van der Waals surface area contributed by atoms with Crippen molar-refractivity contribution in [2.24, 2.45) is 0 Å². The Hall–Kier alpha value is -1.95. The van der Waals surface area contributed by atoms with Crippen molar-refractivity contribution in [2.45, 2.75) is 33.0 Å². The molecule has 2 rings (SSSR count). The molecule has 1 N–H and O–H groups in total. The molecule has 20 heavy (non-hydrogen) atoms. The number of halogens is 1. The fourth-order valence-corrected chi connectivity index (χ4v) is 1.95. The lowest BCUT2D eigenvalue weighted by Crippen LogP contribution is -2.14. The van der Waals surface area contributed by atoms with E-state index in [1.165, 1.54) is 18.5 Å². The Kier molecular flexibility index (Phi) is 4.68. The van der Waals surface area contributed by atoms with Crippen LogP contribution in [-0.4, -0.2) is 21.8 Å². The monoisotopic (exact) mass is 278 g/mol. The second kappa shape index (κ2) is 6.47. The van der Waals surface area contributed by atoms with Gasteiger partial charge in [-0.15, -0.1) is 0 Å². The molecule has 1 aromatic carbocycles. The maximum atomic E-state index is 13.4. The summed E-state index contributed by atoms with van der Waals surface area (Å²) >= 11 is 0. The van der Waals surface area contributed by atoms with Crippen LogP contribution in [0.4, 0.5) is 4.39 Å². The van der Waals surface area contributed by atoms with Gasteiger partial charge >= 0.3 is 0 Å². The summed E-state index contributed by atoms with van der Waals surface area (Å²) in [5.74, 6) is 0.932. The van der Waals surface area contributed by atoms with E-state index in [-0.39, 0.29) is 18.5 Å². The van der Waals surface area contributed by atoms with Gasteiger partial charge in [0.15, 0.2) is 5.82 Å². The molecule has 0 spiro atoms. The van der Waals surface area contributed by atoms with Crippen molar-refractivity contribution in [1.29, 1.82) is 0 Å². The normalized spacial score (nSPS) is 12.4. The van der Waals surface area contributed by atoms with E-state index >= 15 is 0 Å². The lowest BCUT2D eigenvalue weighted by molar-refractivity contribution is 0.281. The van der Waals surface area contributed by atoms with E-state index in [1.54, 1.807) is 10.7 Å². The predicted octanol–water partition coefficient (Wildman–Crippen LogP) is 2.30. The molecule has 108 valence electrons. The first-order valence-electron chi connectivity index (χ1n) is 6.62. The molecule has 0 saturated carbocycles. The van der Waals surface area contributed by atoms with Gasteiger partial charge in [0, 0.05) is 24.2 Å². The fraction of sp³-hybridized carbons (Fsp3) is 0.429. The summed E-state index contributed by atoms with van der Waals surface area (Å²) in [6, 6.07) is 4.64. The number of hydrogen-bond acceptors (Lipinski definition) is 4. The number of rotatable bonds is 6. The highest BCUT2D eigenvalue weighted by atomic mass is 19.1. The van der Waals surface area contributed by atoms with E-state index in [9.17, 15) is 4.39 Å². The molecule has 0 saturated heterocycles. The van der Waals surface area contributed by atoms with Crippen molar-refractivity contribution in [1.82, 2.24) is 20.1 Å². The number of nitrogens with zero attached hydrogens (tertiary/aromatic N) is 3.